The Balaban J connectivity index is 1.55. The molecule has 0 aliphatic carbocycles. The molecule has 2 amide bonds. The number of halogens is 1. The topological polar surface area (TPSA) is 96.0 Å². The van der Waals surface area contributed by atoms with Crippen molar-refractivity contribution < 1.29 is 22.7 Å². The third-order valence-corrected chi connectivity index (χ3v) is 9.68. The maximum atomic E-state index is 14.6. The number of nitrogens with zero attached hydrogens (tertiary/aromatic N) is 2. The predicted octanol–water partition coefficient (Wildman–Crippen LogP) is 7.49. The Morgan fingerprint density at radius 3 is 1.92 bits per heavy atom. The lowest BCUT2D eigenvalue weighted by Gasteiger charge is -2.34. The van der Waals surface area contributed by atoms with Crippen molar-refractivity contribution in [1.29, 1.82) is 0 Å². The van der Waals surface area contributed by atoms with Crippen molar-refractivity contribution in [3.8, 4) is 11.5 Å². The van der Waals surface area contributed by atoms with Gasteiger partial charge in [-0.15, -0.1) is 0 Å². The molecule has 5 rings (SSSR count). The van der Waals surface area contributed by atoms with Gasteiger partial charge in [-0.25, -0.2) is 8.42 Å². The SMILES string of the molecule is CC(C)NC(=O)[C@@H](Cc1ccccc1)N(Cc1cccc(Cl)c1)C(=O)CN(c1ccc(Oc2ccccc2)cc1)S(=O)(=O)c1ccccc1. The summed E-state index contributed by atoms with van der Waals surface area (Å²) in [5.74, 6) is 0.201. The molecular weight excluding hydrogens is 658 g/mol. The highest BCUT2D eigenvalue weighted by atomic mass is 35.5. The summed E-state index contributed by atoms with van der Waals surface area (Å²) in [6.45, 7) is 3.14. The molecule has 0 heterocycles. The fourth-order valence-corrected chi connectivity index (χ4v) is 6.97. The van der Waals surface area contributed by atoms with Crippen LogP contribution < -0.4 is 14.4 Å². The molecule has 252 valence electrons. The number of para-hydroxylation sites is 1. The van der Waals surface area contributed by atoms with E-state index in [1.54, 1.807) is 60.7 Å². The molecule has 0 aliphatic heterocycles. The molecular formula is C39H38ClN3O5S. The molecule has 0 aromatic heterocycles. The first-order valence-corrected chi connectivity index (χ1v) is 17.7. The van der Waals surface area contributed by atoms with E-state index < -0.39 is 28.5 Å². The number of rotatable bonds is 14. The molecule has 0 unspecified atom stereocenters. The van der Waals surface area contributed by atoms with E-state index in [1.807, 2.05) is 80.6 Å². The molecule has 0 spiro atoms. The van der Waals surface area contributed by atoms with Crippen molar-refractivity contribution in [3.63, 3.8) is 0 Å². The highest BCUT2D eigenvalue weighted by molar-refractivity contribution is 7.92. The summed E-state index contributed by atoms with van der Waals surface area (Å²) in [5.41, 5.74) is 1.79. The maximum absolute atomic E-state index is 14.6. The number of anilines is 1. The maximum Gasteiger partial charge on any atom is 0.264 e. The number of carbonyl (C=O) groups excluding carboxylic acids is 2. The van der Waals surface area contributed by atoms with Gasteiger partial charge in [-0.1, -0.05) is 90.5 Å². The molecule has 0 saturated carbocycles. The van der Waals surface area contributed by atoms with E-state index in [4.69, 9.17) is 16.3 Å². The van der Waals surface area contributed by atoms with Crippen LogP contribution in [-0.2, 0) is 32.6 Å². The zero-order chi connectivity index (χ0) is 34.8. The first kappa shape index (κ1) is 35.2. The predicted molar refractivity (Wildman–Crippen MR) is 193 cm³/mol. The van der Waals surface area contributed by atoms with E-state index in [1.165, 1.54) is 17.0 Å². The van der Waals surface area contributed by atoms with Crippen LogP contribution in [0.15, 0.2) is 144 Å². The van der Waals surface area contributed by atoms with E-state index in [0.29, 0.717) is 22.1 Å². The monoisotopic (exact) mass is 695 g/mol. The Labute approximate surface area is 293 Å². The normalized spacial score (nSPS) is 11.8. The fraction of sp³-hybridized carbons (Fsp3) is 0.179. The van der Waals surface area contributed by atoms with Crippen molar-refractivity contribution in [3.05, 3.63) is 156 Å². The van der Waals surface area contributed by atoms with Crippen LogP contribution in [-0.4, -0.2) is 43.8 Å². The average molecular weight is 696 g/mol. The van der Waals surface area contributed by atoms with Gasteiger partial charge in [0.1, 0.15) is 24.1 Å². The van der Waals surface area contributed by atoms with E-state index >= 15 is 0 Å². The second kappa shape index (κ2) is 16.3. The summed E-state index contributed by atoms with van der Waals surface area (Å²) in [4.78, 5) is 29.9. The fourth-order valence-electron chi connectivity index (χ4n) is 5.32. The molecule has 1 atom stereocenters. The van der Waals surface area contributed by atoms with Gasteiger partial charge in [0.2, 0.25) is 11.8 Å². The second-order valence-corrected chi connectivity index (χ2v) is 14.1. The van der Waals surface area contributed by atoms with Gasteiger partial charge in [-0.05, 0) is 85.6 Å². The van der Waals surface area contributed by atoms with E-state index in [2.05, 4.69) is 5.32 Å². The Bertz CT molecular complexity index is 1940. The number of ether oxygens (including phenoxy) is 1. The zero-order valence-electron chi connectivity index (χ0n) is 27.3. The van der Waals surface area contributed by atoms with Crippen molar-refractivity contribution in [1.82, 2.24) is 10.2 Å². The van der Waals surface area contributed by atoms with E-state index in [9.17, 15) is 18.0 Å². The lowest BCUT2D eigenvalue weighted by molar-refractivity contribution is -0.140. The molecule has 5 aromatic rings. The third kappa shape index (κ3) is 9.49. The lowest BCUT2D eigenvalue weighted by atomic mass is 10.0. The van der Waals surface area contributed by atoms with E-state index in [-0.39, 0.29) is 35.5 Å². The number of hydrogen-bond acceptors (Lipinski definition) is 5. The highest BCUT2D eigenvalue weighted by Crippen LogP contribution is 2.29. The van der Waals surface area contributed by atoms with Gasteiger partial charge in [0.15, 0.2) is 0 Å². The first-order valence-electron chi connectivity index (χ1n) is 15.9. The largest absolute Gasteiger partial charge is 0.457 e. The average Bonchev–Trinajstić information content (AvgIpc) is 3.10. The second-order valence-electron chi connectivity index (χ2n) is 11.8. The quantitative estimate of drug-likeness (QED) is 0.130. The van der Waals surface area contributed by atoms with Crippen molar-refractivity contribution in [2.45, 2.75) is 43.8 Å². The van der Waals surface area contributed by atoms with Crippen molar-refractivity contribution in [2.24, 2.45) is 0 Å². The molecule has 8 nitrogen and oxygen atoms in total. The summed E-state index contributed by atoms with van der Waals surface area (Å²) in [7, 11) is -4.23. The minimum Gasteiger partial charge on any atom is -0.457 e. The summed E-state index contributed by atoms with van der Waals surface area (Å²) in [5, 5.41) is 3.43. The summed E-state index contributed by atoms with van der Waals surface area (Å²) < 4.78 is 35.5. The van der Waals surface area contributed by atoms with Crippen molar-refractivity contribution >= 4 is 39.1 Å². The van der Waals surface area contributed by atoms with E-state index in [0.717, 1.165) is 9.87 Å². The van der Waals surface area contributed by atoms with Crippen LogP contribution in [0.3, 0.4) is 0 Å². The number of sulfonamides is 1. The van der Waals surface area contributed by atoms with Crippen LogP contribution >= 0.6 is 11.6 Å². The molecule has 49 heavy (non-hydrogen) atoms. The van der Waals surface area contributed by atoms with Gasteiger partial charge in [-0.2, -0.15) is 0 Å². The standard InChI is InChI=1S/C39H38ClN3O5S/c1-29(2)41-39(45)37(26-30-13-6-3-7-14-30)42(27-31-15-12-16-32(40)25-31)38(44)28-43(49(46,47)36-19-10-5-11-20-36)33-21-23-35(24-22-33)48-34-17-8-4-9-18-34/h3-25,29,37H,26-28H2,1-2H3,(H,41,45)/t37-/m1/s1. The van der Waals surface area contributed by atoms with Crippen LogP contribution in [0, 0.1) is 0 Å². The number of amides is 2. The van der Waals surface area contributed by atoms with Gasteiger partial charge in [0, 0.05) is 24.0 Å². The number of hydrogen-bond donors (Lipinski definition) is 1. The molecule has 0 saturated heterocycles. The molecule has 1 N–H and O–H groups in total. The van der Waals surface area contributed by atoms with Gasteiger partial charge in [0.05, 0.1) is 10.6 Å². The number of carbonyl (C=O) groups is 2. The Hall–Kier alpha value is -5.12. The van der Waals surface area contributed by atoms with Crippen LogP contribution in [0.1, 0.15) is 25.0 Å². The van der Waals surface area contributed by atoms with Crippen LogP contribution in [0.5, 0.6) is 11.5 Å². The molecule has 5 aromatic carbocycles. The van der Waals surface area contributed by atoms with Crippen LogP contribution in [0.2, 0.25) is 5.02 Å². The van der Waals surface area contributed by atoms with Crippen molar-refractivity contribution in [2.75, 3.05) is 10.8 Å². The summed E-state index contributed by atoms with van der Waals surface area (Å²) >= 11 is 6.32. The summed E-state index contributed by atoms with van der Waals surface area (Å²) in [6.07, 6.45) is 0.211. The molecule has 0 aliphatic rings. The van der Waals surface area contributed by atoms with Crippen LogP contribution in [0.25, 0.3) is 0 Å². The van der Waals surface area contributed by atoms with Gasteiger partial charge in [-0.3, -0.25) is 13.9 Å². The minimum absolute atomic E-state index is 0.0193. The van der Waals surface area contributed by atoms with Crippen LogP contribution in [0.4, 0.5) is 5.69 Å². The summed E-state index contributed by atoms with van der Waals surface area (Å²) in [6, 6.07) is 38.9. The highest BCUT2D eigenvalue weighted by Gasteiger charge is 2.35. The molecule has 0 radical (unpaired) electrons. The Morgan fingerprint density at radius 1 is 0.735 bits per heavy atom. The molecule has 0 fully saturated rings. The third-order valence-electron chi connectivity index (χ3n) is 7.66. The Kier molecular flexibility index (Phi) is 11.7. The first-order chi connectivity index (χ1) is 23.6. The number of benzene rings is 5. The van der Waals surface area contributed by atoms with Gasteiger partial charge in [0.25, 0.3) is 10.0 Å². The lowest BCUT2D eigenvalue weighted by Crippen LogP contribution is -2.54. The molecule has 10 heteroatoms. The zero-order valence-corrected chi connectivity index (χ0v) is 28.8. The van der Waals surface area contributed by atoms with Gasteiger partial charge >= 0.3 is 0 Å². The minimum atomic E-state index is -4.23. The van der Waals surface area contributed by atoms with Gasteiger partial charge < -0.3 is 15.0 Å². The molecule has 0 bridgehead atoms. The smallest absolute Gasteiger partial charge is 0.264 e. The Morgan fingerprint density at radius 2 is 1.31 bits per heavy atom. The number of nitrogens with one attached hydrogen (secondary N) is 1.